The van der Waals surface area contributed by atoms with Crippen molar-refractivity contribution in [1.82, 2.24) is 10.6 Å². The number of alkyl carbamates (subject to hydrolysis) is 1. The van der Waals surface area contributed by atoms with E-state index in [2.05, 4.69) is 10.6 Å². The summed E-state index contributed by atoms with van der Waals surface area (Å²) in [6.45, 7) is 1.93. The Morgan fingerprint density at radius 1 is 0.966 bits per heavy atom. The molecule has 2 aromatic rings. The molecule has 2 aromatic carbocycles. The van der Waals surface area contributed by atoms with Gasteiger partial charge in [-0.1, -0.05) is 60.7 Å². The van der Waals surface area contributed by atoms with Gasteiger partial charge in [0.1, 0.15) is 12.6 Å². The van der Waals surface area contributed by atoms with Crippen LogP contribution < -0.4 is 10.6 Å². The molecule has 7 heteroatoms. The quantitative estimate of drug-likeness (QED) is 0.634. The number of benzene rings is 2. The first-order valence-electron chi connectivity index (χ1n) is 9.36. The van der Waals surface area contributed by atoms with Crippen LogP contribution in [-0.2, 0) is 25.7 Å². The number of carbonyl (C=O) groups is 3. The molecule has 2 atom stereocenters. The minimum Gasteiger partial charge on any atom is -0.469 e. The van der Waals surface area contributed by atoms with Gasteiger partial charge in [-0.2, -0.15) is 0 Å². The molecule has 29 heavy (non-hydrogen) atoms. The first-order chi connectivity index (χ1) is 14.0. The minimum atomic E-state index is -0.784. The third-order valence-electron chi connectivity index (χ3n) is 4.37. The van der Waals surface area contributed by atoms with Gasteiger partial charge in [0.2, 0.25) is 5.91 Å². The number of hydrogen-bond acceptors (Lipinski definition) is 5. The molecule has 0 aliphatic heterocycles. The summed E-state index contributed by atoms with van der Waals surface area (Å²) in [6.07, 6.45) is -0.535. The van der Waals surface area contributed by atoms with E-state index in [1.165, 1.54) is 7.11 Å². The summed E-state index contributed by atoms with van der Waals surface area (Å²) < 4.78 is 9.87. The Morgan fingerprint density at radius 3 is 2.21 bits per heavy atom. The molecule has 154 valence electrons. The van der Waals surface area contributed by atoms with E-state index in [4.69, 9.17) is 9.47 Å². The third-order valence-corrected chi connectivity index (χ3v) is 4.37. The third kappa shape index (κ3) is 7.65. The molecule has 0 unspecified atom stereocenters. The number of rotatable bonds is 9. The minimum absolute atomic E-state index is 0.121. The number of nitrogens with one attached hydrogen (secondary N) is 2. The number of hydrogen-bond donors (Lipinski definition) is 2. The molecule has 2 rings (SSSR count). The lowest BCUT2D eigenvalue weighted by molar-refractivity contribution is -0.141. The number of carbonyl (C=O) groups excluding carboxylic acids is 3. The Hall–Kier alpha value is -3.35. The predicted molar refractivity (Wildman–Crippen MR) is 108 cm³/mol. The monoisotopic (exact) mass is 398 g/mol. The number of ether oxygens (including phenoxy) is 2. The summed E-state index contributed by atoms with van der Waals surface area (Å²) in [5.74, 6) is -0.957. The van der Waals surface area contributed by atoms with E-state index in [9.17, 15) is 14.4 Å². The lowest BCUT2D eigenvalue weighted by Gasteiger charge is -2.19. The van der Waals surface area contributed by atoms with Gasteiger partial charge >= 0.3 is 12.1 Å². The molecule has 0 aliphatic carbocycles. The zero-order valence-electron chi connectivity index (χ0n) is 16.6. The average Bonchev–Trinajstić information content (AvgIpc) is 2.76. The highest BCUT2D eigenvalue weighted by Crippen LogP contribution is 2.19. The Balaban J connectivity index is 1.83. The molecule has 0 aromatic heterocycles. The zero-order chi connectivity index (χ0) is 21.1. The van der Waals surface area contributed by atoms with E-state index in [0.717, 1.165) is 11.1 Å². The summed E-state index contributed by atoms with van der Waals surface area (Å²) in [5, 5.41) is 5.27. The summed E-state index contributed by atoms with van der Waals surface area (Å²) in [4.78, 5) is 35.9. The van der Waals surface area contributed by atoms with Crippen molar-refractivity contribution in [3.63, 3.8) is 0 Å². The summed E-state index contributed by atoms with van der Waals surface area (Å²) >= 11 is 0. The van der Waals surface area contributed by atoms with E-state index < -0.39 is 12.1 Å². The molecule has 0 saturated carbocycles. The first-order valence-corrected chi connectivity index (χ1v) is 9.36. The van der Waals surface area contributed by atoms with Gasteiger partial charge in [-0.25, -0.2) is 4.79 Å². The topological polar surface area (TPSA) is 93.7 Å². The van der Waals surface area contributed by atoms with Crippen molar-refractivity contribution in [2.45, 2.75) is 31.9 Å². The van der Waals surface area contributed by atoms with E-state index >= 15 is 0 Å². The highest BCUT2D eigenvalue weighted by atomic mass is 16.5. The summed E-state index contributed by atoms with van der Waals surface area (Å²) in [7, 11) is 1.33. The standard InChI is InChI=1S/C22H26N2O5/c1-16(24-22(27)29-15-17-9-5-3-6-10-17)21(26)23-14-19(13-20(25)28-2)18-11-7-4-8-12-18/h3-12,16,19H,13-15H2,1-2H3,(H,23,26)(H,24,27)/t16-,19-/m1/s1. The average molecular weight is 398 g/mol. The van der Waals surface area contributed by atoms with Crippen molar-refractivity contribution in [2.24, 2.45) is 0 Å². The lowest BCUT2D eigenvalue weighted by atomic mass is 9.95. The van der Waals surface area contributed by atoms with E-state index in [1.54, 1.807) is 6.92 Å². The van der Waals surface area contributed by atoms with Crippen molar-refractivity contribution in [3.05, 3.63) is 71.8 Å². The van der Waals surface area contributed by atoms with Crippen molar-refractivity contribution < 1.29 is 23.9 Å². The van der Waals surface area contributed by atoms with Gasteiger partial charge in [0.05, 0.1) is 13.5 Å². The van der Waals surface area contributed by atoms with Crippen LogP contribution in [0.4, 0.5) is 4.79 Å². The van der Waals surface area contributed by atoms with Gasteiger partial charge in [-0.3, -0.25) is 9.59 Å². The van der Waals surface area contributed by atoms with E-state index in [-0.39, 0.29) is 37.4 Å². The molecule has 2 N–H and O–H groups in total. The Labute approximate surface area is 170 Å². The molecule has 0 bridgehead atoms. The Bertz CT molecular complexity index is 795. The van der Waals surface area contributed by atoms with Crippen LogP contribution in [0.2, 0.25) is 0 Å². The SMILES string of the molecule is COC(=O)C[C@H](CNC(=O)[C@@H](C)NC(=O)OCc1ccccc1)c1ccccc1. The largest absolute Gasteiger partial charge is 0.469 e. The van der Waals surface area contributed by atoms with Crippen LogP contribution in [0.5, 0.6) is 0 Å². The van der Waals surface area contributed by atoms with Crippen LogP contribution in [0, 0.1) is 0 Å². The van der Waals surface area contributed by atoms with Gasteiger partial charge < -0.3 is 20.1 Å². The van der Waals surface area contributed by atoms with Gasteiger partial charge in [0, 0.05) is 12.5 Å². The normalized spacial score (nSPS) is 12.3. The number of methoxy groups -OCH3 is 1. The van der Waals surface area contributed by atoms with Gasteiger partial charge in [-0.15, -0.1) is 0 Å². The van der Waals surface area contributed by atoms with Crippen LogP contribution in [0.3, 0.4) is 0 Å². The fourth-order valence-corrected chi connectivity index (χ4v) is 2.70. The smallest absolute Gasteiger partial charge is 0.408 e. The van der Waals surface area contributed by atoms with Crippen LogP contribution in [0.1, 0.15) is 30.4 Å². The first kappa shape index (κ1) is 21.9. The van der Waals surface area contributed by atoms with Crippen LogP contribution in [-0.4, -0.2) is 37.7 Å². The Kier molecular flexibility index (Phi) is 8.69. The van der Waals surface area contributed by atoms with Gasteiger partial charge in [-0.05, 0) is 18.1 Å². The maximum Gasteiger partial charge on any atom is 0.408 e. The molecule has 0 radical (unpaired) electrons. The maximum atomic E-state index is 12.3. The summed E-state index contributed by atoms with van der Waals surface area (Å²) in [5.41, 5.74) is 1.77. The van der Waals surface area contributed by atoms with Crippen molar-refractivity contribution in [3.8, 4) is 0 Å². The number of esters is 1. The van der Waals surface area contributed by atoms with E-state index in [0.29, 0.717) is 0 Å². The van der Waals surface area contributed by atoms with Crippen LogP contribution in [0.15, 0.2) is 60.7 Å². The highest BCUT2D eigenvalue weighted by Gasteiger charge is 2.21. The highest BCUT2D eigenvalue weighted by molar-refractivity contribution is 5.85. The van der Waals surface area contributed by atoms with Crippen molar-refractivity contribution in [1.29, 1.82) is 0 Å². The van der Waals surface area contributed by atoms with Gasteiger partial charge in [0.15, 0.2) is 0 Å². The molecule has 0 heterocycles. The lowest BCUT2D eigenvalue weighted by Crippen LogP contribution is -2.46. The van der Waals surface area contributed by atoms with Crippen molar-refractivity contribution >= 4 is 18.0 Å². The molecule has 0 aliphatic rings. The molecular weight excluding hydrogens is 372 g/mol. The zero-order valence-corrected chi connectivity index (χ0v) is 16.6. The summed E-state index contributed by atoms with van der Waals surface area (Å²) in [6, 6.07) is 17.9. The van der Waals surface area contributed by atoms with Crippen LogP contribution in [0.25, 0.3) is 0 Å². The van der Waals surface area contributed by atoms with Crippen LogP contribution >= 0.6 is 0 Å². The molecule has 0 fully saturated rings. The van der Waals surface area contributed by atoms with Gasteiger partial charge in [0.25, 0.3) is 0 Å². The fourth-order valence-electron chi connectivity index (χ4n) is 2.70. The molecule has 2 amide bonds. The second kappa shape index (κ2) is 11.5. The molecule has 7 nitrogen and oxygen atoms in total. The van der Waals surface area contributed by atoms with E-state index in [1.807, 2.05) is 60.7 Å². The fraction of sp³-hybridized carbons (Fsp3) is 0.318. The Morgan fingerprint density at radius 2 is 1.59 bits per heavy atom. The number of amides is 2. The second-order valence-electron chi connectivity index (χ2n) is 6.56. The molecular formula is C22H26N2O5. The van der Waals surface area contributed by atoms with Crippen molar-refractivity contribution in [2.75, 3.05) is 13.7 Å². The second-order valence-corrected chi connectivity index (χ2v) is 6.56. The predicted octanol–water partition coefficient (Wildman–Crippen LogP) is 2.76. The maximum absolute atomic E-state index is 12.3. The molecule has 0 spiro atoms. The molecule has 0 saturated heterocycles.